The number of ether oxygens (including phenoxy) is 1. The fraction of sp³-hybridized carbons (Fsp3) is 0.0667. The average molecular weight is 331 g/mol. The molecular weight excluding hydrogens is 320 g/mol. The number of carbonyl (C=O) groups excluding carboxylic acids is 1. The highest BCUT2D eigenvalue weighted by Gasteiger charge is 2.12. The minimum Gasteiger partial charge on any atom is -0.439 e. The molecule has 3 aromatic rings. The van der Waals surface area contributed by atoms with Gasteiger partial charge in [0.05, 0.1) is 5.69 Å². The Morgan fingerprint density at radius 1 is 1.17 bits per heavy atom. The van der Waals surface area contributed by atoms with Gasteiger partial charge in [-0.1, -0.05) is 34.9 Å². The van der Waals surface area contributed by atoms with E-state index in [1.807, 2.05) is 30.3 Å². The van der Waals surface area contributed by atoms with Crippen LogP contribution in [0.4, 0.5) is 5.69 Å². The third-order valence-electron chi connectivity index (χ3n) is 2.79. The van der Waals surface area contributed by atoms with Crippen LogP contribution in [0.5, 0.6) is 6.08 Å². The molecular formula is C15H11ClN4O3. The molecule has 23 heavy (non-hydrogen) atoms. The summed E-state index contributed by atoms with van der Waals surface area (Å²) >= 11 is 5.85. The molecule has 0 aliphatic heterocycles. The number of hydrogen-bond acceptors (Lipinski definition) is 6. The van der Waals surface area contributed by atoms with Gasteiger partial charge in [0.15, 0.2) is 11.8 Å². The molecule has 8 heteroatoms. The number of pyridine rings is 1. The first kappa shape index (κ1) is 15.0. The number of halogens is 1. The van der Waals surface area contributed by atoms with Crippen molar-refractivity contribution >= 4 is 23.2 Å². The van der Waals surface area contributed by atoms with E-state index in [4.69, 9.17) is 20.8 Å². The second-order valence-corrected chi connectivity index (χ2v) is 4.78. The number of nitrogens with zero attached hydrogens (tertiary/aromatic N) is 3. The van der Waals surface area contributed by atoms with Gasteiger partial charge in [-0.25, -0.2) is 4.98 Å². The summed E-state index contributed by atoms with van der Waals surface area (Å²) in [7, 11) is 0. The van der Waals surface area contributed by atoms with Crippen molar-refractivity contribution in [1.29, 1.82) is 0 Å². The standard InChI is InChI=1S/C15H11ClN4O3/c16-13-11(7-4-8-17-13)18-12(21)9-22-15-20-19-14(23-15)10-5-2-1-3-6-10/h1-8H,9H2,(H,18,21). The molecule has 0 unspecified atom stereocenters. The van der Waals surface area contributed by atoms with E-state index in [2.05, 4.69) is 20.5 Å². The Morgan fingerprint density at radius 3 is 2.78 bits per heavy atom. The predicted octanol–water partition coefficient (Wildman–Crippen LogP) is 2.80. The van der Waals surface area contributed by atoms with Crippen molar-refractivity contribution in [2.24, 2.45) is 0 Å². The van der Waals surface area contributed by atoms with Crippen LogP contribution < -0.4 is 10.1 Å². The molecule has 1 aromatic carbocycles. The van der Waals surface area contributed by atoms with E-state index in [-0.39, 0.29) is 17.8 Å². The molecule has 7 nitrogen and oxygen atoms in total. The maximum Gasteiger partial charge on any atom is 0.415 e. The zero-order chi connectivity index (χ0) is 16.1. The number of rotatable bonds is 5. The number of benzene rings is 1. The molecule has 2 heterocycles. The molecule has 3 rings (SSSR count). The lowest BCUT2D eigenvalue weighted by Gasteiger charge is -2.05. The maximum atomic E-state index is 11.8. The number of anilines is 1. The molecule has 0 fully saturated rings. The van der Waals surface area contributed by atoms with Gasteiger partial charge >= 0.3 is 6.08 Å². The van der Waals surface area contributed by atoms with Crippen LogP contribution in [0.3, 0.4) is 0 Å². The highest BCUT2D eigenvalue weighted by atomic mass is 35.5. The Kier molecular flexibility index (Phi) is 4.49. The summed E-state index contributed by atoms with van der Waals surface area (Å²) in [6.45, 7) is -0.290. The molecule has 0 radical (unpaired) electrons. The van der Waals surface area contributed by atoms with Crippen molar-refractivity contribution < 1.29 is 13.9 Å². The van der Waals surface area contributed by atoms with Crippen molar-refractivity contribution in [3.05, 3.63) is 53.8 Å². The molecule has 0 saturated carbocycles. The highest BCUT2D eigenvalue weighted by Crippen LogP contribution is 2.20. The van der Waals surface area contributed by atoms with E-state index < -0.39 is 5.91 Å². The molecule has 0 atom stereocenters. The maximum absolute atomic E-state index is 11.8. The number of nitrogens with one attached hydrogen (secondary N) is 1. The number of hydrogen-bond donors (Lipinski definition) is 1. The van der Waals surface area contributed by atoms with Gasteiger partial charge in [-0.15, -0.1) is 5.10 Å². The fourth-order valence-electron chi connectivity index (χ4n) is 1.76. The van der Waals surface area contributed by atoms with E-state index in [1.165, 1.54) is 6.20 Å². The lowest BCUT2D eigenvalue weighted by atomic mass is 10.2. The average Bonchev–Trinajstić information content (AvgIpc) is 3.05. The highest BCUT2D eigenvalue weighted by molar-refractivity contribution is 6.32. The van der Waals surface area contributed by atoms with E-state index in [0.29, 0.717) is 11.6 Å². The molecule has 1 N–H and O–H groups in total. The van der Waals surface area contributed by atoms with Crippen LogP contribution in [0.1, 0.15) is 0 Å². The van der Waals surface area contributed by atoms with Crippen LogP contribution in [0, 0.1) is 0 Å². The Morgan fingerprint density at radius 2 is 2.00 bits per heavy atom. The van der Waals surface area contributed by atoms with Crippen LogP contribution in [0.15, 0.2) is 53.1 Å². The minimum atomic E-state index is -0.417. The lowest BCUT2D eigenvalue weighted by molar-refractivity contribution is -0.118. The minimum absolute atomic E-state index is 0.0868. The van der Waals surface area contributed by atoms with Crippen molar-refractivity contribution in [3.8, 4) is 17.5 Å². The number of amides is 1. The molecule has 0 saturated heterocycles. The van der Waals surface area contributed by atoms with Crippen LogP contribution in [-0.2, 0) is 4.79 Å². The second kappa shape index (κ2) is 6.89. The SMILES string of the molecule is O=C(COc1nnc(-c2ccccc2)o1)Nc1cccnc1Cl. The van der Waals surface area contributed by atoms with Crippen molar-refractivity contribution in [2.75, 3.05) is 11.9 Å². The summed E-state index contributed by atoms with van der Waals surface area (Å²) < 4.78 is 10.5. The molecule has 116 valence electrons. The van der Waals surface area contributed by atoms with Gasteiger partial charge in [-0.3, -0.25) is 4.79 Å². The summed E-state index contributed by atoms with van der Waals surface area (Å²) in [5.74, 6) is -0.101. The molecule has 0 aliphatic rings. The van der Waals surface area contributed by atoms with Gasteiger partial charge < -0.3 is 14.5 Å². The molecule has 1 amide bonds. The Bertz CT molecular complexity index is 807. The van der Waals surface area contributed by atoms with Gasteiger partial charge in [0.25, 0.3) is 11.8 Å². The predicted molar refractivity (Wildman–Crippen MR) is 83.1 cm³/mol. The first-order valence-electron chi connectivity index (χ1n) is 6.64. The van der Waals surface area contributed by atoms with Crippen LogP contribution in [0.2, 0.25) is 5.15 Å². The normalized spacial score (nSPS) is 10.3. The van der Waals surface area contributed by atoms with Gasteiger partial charge in [-0.2, -0.15) is 0 Å². The van der Waals surface area contributed by atoms with Crippen molar-refractivity contribution in [1.82, 2.24) is 15.2 Å². The summed E-state index contributed by atoms with van der Waals surface area (Å²) in [6.07, 6.45) is 1.44. The molecule has 0 bridgehead atoms. The Hall–Kier alpha value is -2.93. The summed E-state index contributed by atoms with van der Waals surface area (Å²) in [4.78, 5) is 15.7. The molecule has 0 aliphatic carbocycles. The summed E-state index contributed by atoms with van der Waals surface area (Å²) in [6, 6.07) is 12.5. The first-order valence-corrected chi connectivity index (χ1v) is 7.02. The quantitative estimate of drug-likeness (QED) is 0.723. The molecule has 0 spiro atoms. The fourth-order valence-corrected chi connectivity index (χ4v) is 1.92. The Labute approximate surface area is 136 Å². The third-order valence-corrected chi connectivity index (χ3v) is 3.09. The Balaban J connectivity index is 1.58. The molecule has 2 aromatic heterocycles. The number of carbonyl (C=O) groups is 1. The van der Waals surface area contributed by atoms with Crippen LogP contribution in [-0.4, -0.2) is 27.7 Å². The summed E-state index contributed by atoms with van der Waals surface area (Å²) in [5.41, 5.74) is 1.17. The van der Waals surface area contributed by atoms with Crippen LogP contribution >= 0.6 is 11.6 Å². The third kappa shape index (κ3) is 3.83. The summed E-state index contributed by atoms with van der Waals surface area (Å²) in [5, 5.41) is 10.4. The monoisotopic (exact) mass is 330 g/mol. The van der Waals surface area contributed by atoms with Gasteiger partial charge in [0, 0.05) is 11.8 Å². The zero-order valence-corrected chi connectivity index (χ0v) is 12.5. The smallest absolute Gasteiger partial charge is 0.415 e. The van der Waals surface area contributed by atoms with E-state index in [0.717, 1.165) is 5.56 Å². The number of aromatic nitrogens is 3. The van der Waals surface area contributed by atoms with Gasteiger partial charge in [0.2, 0.25) is 0 Å². The van der Waals surface area contributed by atoms with E-state index in [1.54, 1.807) is 12.1 Å². The first-order chi connectivity index (χ1) is 11.2. The second-order valence-electron chi connectivity index (χ2n) is 4.42. The van der Waals surface area contributed by atoms with Gasteiger partial charge in [0.1, 0.15) is 0 Å². The van der Waals surface area contributed by atoms with Crippen molar-refractivity contribution in [2.45, 2.75) is 0 Å². The van der Waals surface area contributed by atoms with Crippen molar-refractivity contribution in [3.63, 3.8) is 0 Å². The van der Waals surface area contributed by atoms with Gasteiger partial charge in [-0.05, 0) is 24.3 Å². The van der Waals surface area contributed by atoms with E-state index in [9.17, 15) is 4.79 Å². The topological polar surface area (TPSA) is 90.1 Å². The lowest BCUT2D eigenvalue weighted by Crippen LogP contribution is -2.20. The van der Waals surface area contributed by atoms with E-state index >= 15 is 0 Å². The largest absolute Gasteiger partial charge is 0.439 e. The van der Waals surface area contributed by atoms with Crippen LogP contribution in [0.25, 0.3) is 11.5 Å². The zero-order valence-electron chi connectivity index (χ0n) is 11.8.